The van der Waals surface area contributed by atoms with Crippen molar-refractivity contribution in [3.05, 3.63) is 0 Å². The minimum Gasteiger partial charge on any atom is -0.394 e. The van der Waals surface area contributed by atoms with E-state index in [1.54, 1.807) is 0 Å². The number of hydrogen-bond acceptors (Lipinski definition) is 3. The summed E-state index contributed by atoms with van der Waals surface area (Å²) in [5, 5.41) is 12.1. The first kappa shape index (κ1) is 11.0. The van der Waals surface area contributed by atoms with Crippen LogP contribution in [0.2, 0.25) is 0 Å². The minimum atomic E-state index is 0.134. The highest BCUT2D eigenvalue weighted by Crippen LogP contribution is 2.27. The quantitative estimate of drug-likeness (QED) is 0.668. The van der Waals surface area contributed by atoms with Crippen LogP contribution in [0.15, 0.2) is 0 Å². The Morgan fingerprint density at radius 2 is 2.23 bits per heavy atom. The topological polar surface area (TPSA) is 41.5 Å². The van der Waals surface area contributed by atoms with E-state index in [0.717, 1.165) is 13.0 Å². The van der Waals surface area contributed by atoms with Crippen LogP contribution in [0.1, 0.15) is 26.7 Å². The van der Waals surface area contributed by atoms with E-state index in [-0.39, 0.29) is 6.61 Å². The van der Waals surface area contributed by atoms with Crippen LogP contribution in [-0.4, -0.2) is 37.0 Å². The number of ether oxygens (including phenoxy) is 1. The Morgan fingerprint density at radius 1 is 1.46 bits per heavy atom. The molecule has 1 aliphatic rings. The van der Waals surface area contributed by atoms with Gasteiger partial charge in [-0.15, -0.1) is 0 Å². The molecule has 0 radical (unpaired) electrons. The first-order chi connectivity index (χ1) is 6.27. The highest BCUT2D eigenvalue weighted by molar-refractivity contribution is 4.85. The number of rotatable bonds is 5. The van der Waals surface area contributed by atoms with Crippen LogP contribution in [0.5, 0.6) is 0 Å². The van der Waals surface area contributed by atoms with E-state index in [1.165, 1.54) is 6.42 Å². The van der Waals surface area contributed by atoms with E-state index in [2.05, 4.69) is 19.2 Å². The first-order valence-corrected chi connectivity index (χ1v) is 5.23. The minimum absolute atomic E-state index is 0.134. The molecule has 3 atom stereocenters. The molecule has 0 saturated heterocycles. The Balaban J connectivity index is 2.24. The lowest BCUT2D eigenvalue weighted by molar-refractivity contribution is 0.0112. The molecule has 0 heterocycles. The summed E-state index contributed by atoms with van der Waals surface area (Å²) in [4.78, 5) is 0. The first-order valence-electron chi connectivity index (χ1n) is 5.23. The zero-order chi connectivity index (χ0) is 9.68. The summed E-state index contributed by atoms with van der Waals surface area (Å²) in [6.45, 7) is 6.00. The molecule has 0 aliphatic heterocycles. The largest absolute Gasteiger partial charge is 0.394 e. The standard InChI is InChI=1S/C10H21NO2/c1-3-11-9-6-8(2)10(7-9)13-5-4-12/h8-12H,3-7H2,1-2H3. The third-order valence-corrected chi connectivity index (χ3v) is 2.72. The maximum absolute atomic E-state index is 8.64. The molecular weight excluding hydrogens is 166 g/mol. The van der Waals surface area contributed by atoms with E-state index in [4.69, 9.17) is 9.84 Å². The predicted molar refractivity (Wildman–Crippen MR) is 52.7 cm³/mol. The van der Waals surface area contributed by atoms with Crippen molar-refractivity contribution in [3.63, 3.8) is 0 Å². The lowest BCUT2D eigenvalue weighted by atomic mass is 10.1. The molecule has 0 aromatic carbocycles. The monoisotopic (exact) mass is 187 g/mol. The van der Waals surface area contributed by atoms with Gasteiger partial charge >= 0.3 is 0 Å². The third kappa shape index (κ3) is 3.25. The van der Waals surface area contributed by atoms with Gasteiger partial charge in [-0.25, -0.2) is 0 Å². The van der Waals surface area contributed by atoms with Crippen LogP contribution in [-0.2, 0) is 4.74 Å². The van der Waals surface area contributed by atoms with E-state index in [0.29, 0.717) is 24.7 Å². The van der Waals surface area contributed by atoms with Crippen molar-refractivity contribution >= 4 is 0 Å². The molecule has 1 fully saturated rings. The summed E-state index contributed by atoms with van der Waals surface area (Å²) in [7, 11) is 0. The molecule has 3 nitrogen and oxygen atoms in total. The van der Waals surface area contributed by atoms with Crippen LogP contribution in [0.3, 0.4) is 0 Å². The van der Waals surface area contributed by atoms with E-state index in [1.807, 2.05) is 0 Å². The second-order valence-electron chi connectivity index (χ2n) is 3.84. The summed E-state index contributed by atoms with van der Waals surface area (Å²) >= 11 is 0. The fourth-order valence-corrected chi connectivity index (χ4v) is 2.10. The van der Waals surface area contributed by atoms with Crippen molar-refractivity contribution in [1.29, 1.82) is 0 Å². The van der Waals surface area contributed by atoms with Crippen molar-refractivity contribution < 1.29 is 9.84 Å². The number of aliphatic hydroxyl groups excluding tert-OH is 1. The third-order valence-electron chi connectivity index (χ3n) is 2.72. The molecule has 2 N–H and O–H groups in total. The molecule has 3 unspecified atom stereocenters. The Morgan fingerprint density at radius 3 is 2.85 bits per heavy atom. The molecule has 1 aliphatic carbocycles. The highest BCUT2D eigenvalue weighted by atomic mass is 16.5. The average Bonchev–Trinajstić information content (AvgIpc) is 2.44. The zero-order valence-corrected chi connectivity index (χ0v) is 8.62. The van der Waals surface area contributed by atoms with Gasteiger partial charge in [-0.2, -0.15) is 0 Å². The molecule has 1 saturated carbocycles. The molecule has 78 valence electrons. The molecule has 0 spiro atoms. The van der Waals surface area contributed by atoms with Gasteiger partial charge in [0.25, 0.3) is 0 Å². The van der Waals surface area contributed by atoms with Gasteiger partial charge in [0.1, 0.15) is 0 Å². The van der Waals surface area contributed by atoms with E-state index < -0.39 is 0 Å². The predicted octanol–water partition coefficient (Wildman–Crippen LogP) is 0.772. The van der Waals surface area contributed by atoms with E-state index in [9.17, 15) is 0 Å². The Kier molecular flexibility index (Phi) is 4.70. The smallest absolute Gasteiger partial charge is 0.0701 e. The molecule has 0 aromatic rings. The van der Waals surface area contributed by atoms with Gasteiger partial charge in [0.15, 0.2) is 0 Å². The fourth-order valence-electron chi connectivity index (χ4n) is 2.10. The lowest BCUT2D eigenvalue weighted by Gasteiger charge is -2.15. The van der Waals surface area contributed by atoms with Gasteiger partial charge in [-0.3, -0.25) is 0 Å². The summed E-state index contributed by atoms with van der Waals surface area (Å²) in [6, 6.07) is 0.615. The maximum Gasteiger partial charge on any atom is 0.0701 e. The maximum atomic E-state index is 8.64. The number of hydrogen-bond donors (Lipinski definition) is 2. The van der Waals surface area contributed by atoms with Gasteiger partial charge in [0.2, 0.25) is 0 Å². The van der Waals surface area contributed by atoms with Gasteiger partial charge in [0.05, 0.1) is 19.3 Å². The van der Waals surface area contributed by atoms with Crippen molar-refractivity contribution in [2.45, 2.75) is 38.8 Å². The molecule has 0 aromatic heterocycles. The molecule has 0 amide bonds. The van der Waals surface area contributed by atoms with Crippen LogP contribution < -0.4 is 5.32 Å². The lowest BCUT2D eigenvalue weighted by Crippen LogP contribution is -2.26. The second kappa shape index (κ2) is 5.58. The van der Waals surface area contributed by atoms with Crippen molar-refractivity contribution in [1.82, 2.24) is 5.32 Å². The molecule has 13 heavy (non-hydrogen) atoms. The van der Waals surface area contributed by atoms with E-state index >= 15 is 0 Å². The zero-order valence-electron chi connectivity index (χ0n) is 8.62. The molecule has 3 heteroatoms. The van der Waals surface area contributed by atoms with Gasteiger partial charge in [-0.1, -0.05) is 13.8 Å². The van der Waals surface area contributed by atoms with Crippen molar-refractivity contribution in [2.75, 3.05) is 19.8 Å². The van der Waals surface area contributed by atoms with Crippen LogP contribution in [0.4, 0.5) is 0 Å². The van der Waals surface area contributed by atoms with Gasteiger partial charge in [-0.05, 0) is 25.3 Å². The Hall–Kier alpha value is -0.120. The van der Waals surface area contributed by atoms with Crippen molar-refractivity contribution in [2.24, 2.45) is 5.92 Å². The fraction of sp³-hybridized carbons (Fsp3) is 1.00. The Bertz CT molecular complexity index is 141. The van der Waals surface area contributed by atoms with Gasteiger partial charge < -0.3 is 15.2 Å². The molecular formula is C10H21NO2. The summed E-state index contributed by atoms with van der Waals surface area (Å²) < 4.78 is 5.55. The summed E-state index contributed by atoms with van der Waals surface area (Å²) in [6.07, 6.45) is 2.63. The van der Waals surface area contributed by atoms with Crippen LogP contribution >= 0.6 is 0 Å². The van der Waals surface area contributed by atoms with Crippen molar-refractivity contribution in [3.8, 4) is 0 Å². The number of aliphatic hydroxyl groups is 1. The summed E-state index contributed by atoms with van der Waals surface area (Å²) in [5.41, 5.74) is 0. The summed E-state index contributed by atoms with van der Waals surface area (Å²) in [5.74, 6) is 0.621. The highest BCUT2D eigenvalue weighted by Gasteiger charge is 2.31. The normalized spacial score (nSPS) is 33.9. The molecule has 1 rings (SSSR count). The second-order valence-corrected chi connectivity index (χ2v) is 3.84. The van der Waals surface area contributed by atoms with Crippen LogP contribution in [0.25, 0.3) is 0 Å². The SMILES string of the molecule is CCNC1CC(C)C(OCCO)C1. The average molecular weight is 187 g/mol. The van der Waals surface area contributed by atoms with Crippen LogP contribution in [0, 0.1) is 5.92 Å². The Labute approximate surface area is 80.5 Å². The van der Waals surface area contributed by atoms with Gasteiger partial charge in [0, 0.05) is 6.04 Å². The molecule has 0 bridgehead atoms. The number of nitrogens with one attached hydrogen (secondary N) is 1.